The maximum absolute atomic E-state index is 13.3. The van der Waals surface area contributed by atoms with E-state index in [1.807, 2.05) is 19.1 Å². The fourth-order valence-corrected chi connectivity index (χ4v) is 5.63. The second-order valence-corrected chi connectivity index (χ2v) is 8.64. The highest BCUT2D eigenvalue weighted by Crippen LogP contribution is 2.39. The van der Waals surface area contributed by atoms with E-state index in [0.717, 1.165) is 29.7 Å². The first-order chi connectivity index (χ1) is 11.9. The zero-order chi connectivity index (χ0) is 18.2. The van der Waals surface area contributed by atoms with Crippen molar-refractivity contribution in [1.29, 1.82) is 0 Å². The first-order valence-corrected chi connectivity index (χ1v) is 10.2. The molecule has 1 heterocycles. The van der Waals surface area contributed by atoms with Crippen LogP contribution in [0.2, 0.25) is 0 Å². The minimum Gasteiger partial charge on any atom is -0.493 e. The molecule has 2 aromatic rings. The molecule has 0 amide bonds. The summed E-state index contributed by atoms with van der Waals surface area (Å²) >= 11 is 3.36. The lowest BCUT2D eigenvalue weighted by molar-refractivity contribution is 0.353. The number of halogens is 1. The molecule has 0 spiro atoms. The maximum atomic E-state index is 13.3. The zero-order valence-corrected chi connectivity index (χ0v) is 16.8. The molecule has 0 fully saturated rings. The Kier molecular flexibility index (Phi) is 4.97. The van der Waals surface area contributed by atoms with E-state index < -0.39 is 10.0 Å². The fourth-order valence-electron chi connectivity index (χ4n) is 3.09. The number of methoxy groups -OCH3 is 2. The van der Waals surface area contributed by atoms with Crippen LogP contribution in [0.5, 0.6) is 11.5 Å². The van der Waals surface area contributed by atoms with Gasteiger partial charge in [-0.3, -0.25) is 4.31 Å². The lowest BCUT2D eigenvalue weighted by atomic mass is 10.0. The van der Waals surface area contributed by atoms with Crippen LogP contribution in [0.15, 0.2) is 39.7 Å². The van der Waals surface area contributed by atoms with E-state index in [9.17, 15) is 8.42 Å². The molecular weight excluding hydrogens is 406 g/mol. The molecule has 0 aromatic heterocycles. The number of rotatable bonds is 4. The van der Waals surface area contributed by atoms with Gasteiger partial charge in [-0.05, 0) is 53.4 Å². The van der Waals surface area contributed by atoms with Crippen molar-refractivity contribution in [3.05, 3.63) is 45.9 Å². The first-order valence-electron chi connectivity index (χ1n) is 7.92. The van der Waals surface area contributed by atoms with Crippen molar-refractivity contribution in [2.24, 2.45) is 0 Å². The standard InChI is InChI=1S/C18H20BrNO4S/c1-12-6-7-15-13(9-12)5-4-8-20(15)25(21,22)18-11-17(24-3)16(23-2)10-14(18)19/h6-7,9-11H,4-5,8H2,1-3H3. The number of hydrogen-bond donors (Lipinski definition) is 0. The van der Waals surface area contributed by atoms with Gasteiger partial charge in [0.25, 0.3) is 10.0 Å². The van der Waals surface area contributed by atoms with Crippen LogP contribution in [0.25, 0.3) is 0 Å². The van der Waals surface area contributed by atoms with E-state index in [1.165, 1.54) is 24.6 Å². The van der Waals surface area contributed by atoms with Crippen LogP contribution < -0.4 is 13.8 Å². The molecule has 0 radical (unpaired) electrons. The molecule has 0 atom stereocenters. The molecule has 0 bridgehead atoms. The van der Waals surface area contributed by atoms with E-state index in [-0.39, 0.29) is 4.90 Å². The minimum absolute atomic E-state index is 0.165. The Morgan fingerprint density at radius 2 is 1.76 bits per heavy atom. The van der Waals surface area contributed by atoms with Gasteiger partial charge in [-0.2, -0.15) is 0 Å². The van der Waals surface area contributed by atoms with Crippen LogP contribution in [0.4, 0.5) is 5.69 Å². The van der Waals surface area contributed by atoms with Gasteiger partial charge in [0.2, 0.25) is 0 Å². The van der Waals surface area contributed by atoms with Gasteiger partial charge in [0.15, 0.2) is 11.5 Å². The van der Waals surface area contributed by atoms with Crippen LogP contribution in [0.3, 0.4) is 0 Å². The topological polar surface area (TPSA) is 55.8 Å². The van der Waals surface area contributed by atoms with Gasteiger partial charge in [-0.1, -0.05) is 17.7 Å². The SMILES string of the molecule is COc1cc(Br)c(S(=O)(=O)N2CCCc3cc(C)ccc32)cc1OC. The summed E-state index contributed by atoms with van der Waals surface area (Å²) in [6.07, 6.45) is 1.68. The van der Waals surface area contributed by atoms with Crippen molar-refractivity contribution in [2.45, 2.75) is 24.7 Å². The normalized spacial score (nSPS) is 14.2. The van der Waals surface area contributed by atoms with Crippen molar-refractivity contribution >= 4 is 31.6 Å². The quantitative estimate of drug-likeness (QED) is 0.744. The summed E-state index contributed by atoms with van der Waals surface area (Å²) < 4.78 is 39.1. The number of hydrogen-bond acceptors (Lipinski definition) is 4. The minimum atomic E-state index is -3.73. The fraction of sp³-hybridized carbons (Fsp3) is 0.333. The number of aryl methyl sites for hydroxylation is 2. The molecular formula is C18H20BrNO4S. The molecule has 1 aliphatic heterocycles. The zero-order valence-electron chi connectivity index (χ0n) is 14.4. The molecule has 0 N–H and O–H groups in total. The number of anilines is 1. The summed E-state index contributed by atoms with van der Waals surface area (Å²) in [7, 11) is -0.723. The Balaban J connectivity index is 2.13. The number of nitrogens with zero attached hydrogens (tertiary/aromatic N) is 1. The molecule has 0 aliphatic carbocycles. The summed E-state index contributed by atoms with van der Waals surface area (Å²) in [4.78, 5) is 0.165. The van der Waals surface area contributed by atoms with Gasteiger partial charge >= 0.3 is 0 Å². The van der Waals surface area contributed by atoms with E-state index in [4.69, 9.17) is 9.47 Å². The van der Waals surface area contributed by atoms with Gasteiger partial charge in [-0.15, -0.1) is 0 Å². The smallest absolute Gasteiger partial charge is 0.265 e. The molecule has 7 heteroatoms. The Morgan fingerprint density at radius 3 is 2.44 bits per heavy atom. The average Bonchev–Trinajstić information content (AvgIpc) is 2.60. The summed E-state index contributed by atoms with van der Waals surface area (Å²) in [5, 5.41) is 0. The monoisotopic (exact) mass is 425 g/mol. The van der Waals surface area contributed by atoms with Crippen molar-refractivity contribution < 1.29 is 17.9 Å². The molecule has 25 heavy (non-hydrogen) atoms. The lowest BCUT2D eigenvalue weighted by Crippen LogP contribution is -2.35. The van der Waals surface area contributed by atoms with Crippen molar-refractivity contribution in [2.75, 3.05) is 25.1 Å². The number of fused-ring (bicyclic) bond motifs is 1. The van der Waals surface area contributed by atoms with Gasteiger partial charge in [0.1, 0.15) is 4.90 Å². The summed E-state index contributed by atoms with van der Waals surface area (Å²) in [5.74, 6) is 0.855. The second-order valence-electron chi connectivity index (χ2n) is 5.95. The van der Waals surface area contributed by atoms with E-state index in [1.54, 1.807) is 6.07 Å². The molecule has 0 saturated heterocycles. The third-order valence-corrected chi connectivity index (χ3v) is 7.09. The molecule has 0 unspecified atom stereocenters. The highest BCUT2D eigenvalue weighted by atomic mass is 79.9. The molecule has 5 nitrogen and oxygen atoms in total. The first kappa shape index (κ1) is 18.1. The molecule has 0 saturated carbocycles. The predicted octanol–water partition coefficient (Wildman–Crippen LogP) is 3.92. The van der Waals surface area contributed by atoms with E-state index in [2.05, 4.69) is 22.0 Å². The van der Waals surface area contributed by atoms with Crippen molar-refractivity contribution in [1.82, 2.24) is 0 Å². The summed E-state index contributed by atoms with van der Waals surface area (Å²) in [5.41, 5.74) is 2.94. The predicted molar refractivity (Wildman–Crippen MR) is 101 cm³/mol. The summed E-state index contributed by atoms with van der Waals surface area (Å²) in [6, 6.07) is 9.00. The van der Waals surface area contributed by atoms with E-state index >= 15 is 0 Å². The summed E-state index contributed by atoms with van der Waals surface area (Å²) in [6.45, 7) is 2.47. The maximum Gasteiger partial charge on any atom is 0.265 e. The van der Waals surface area contributed by atoms with Crippen LogP contribution in [0, 0.1) is 6.92 Å². The molecule has 1 aliphatic rings. The van der Waals surface area contributed by atoms with Crippen LogP contribution in [0.1, 0.15) is 17.5 Å². The molecule has 134 valence electrons. The number of ether oxygens (including phenoxy) is 2. The number of benzene rings is 2. The Hall–Kier alpha value is -1.73. The largest absolute Gasteiger partial charge is 0.493 e. The van der Waals surface area contributed by atoms with Crippen LogP contribution >= 0.6 is 15.9 Å². The Morgan fingerprint density at radius 1 is 1.08 bits per heavy atom. The van der Waals surface area contributed by atoms with E-state index in [0.29, 0.717) is 22.5 Å². The lowest BCUT2D eigenvalue weighted by Gasteiger charge is -2.31. The molecule has 3 rings (SSSR count). The van der Waals surface area contributed by atoms with Crippen molar-refractivity contribution in [3.63, 3.8) is 0 Å². The van der Waals surface area contributed by atoms with Gasteiger partial charge in [0.05, 0.1) is 19.9 Å². The number of sulfonamides is 1. The second kappa shape index (κ2) is 6.88. The Bertz CT molecular complexity index is 912. The highest BCUT2D eigenvalue weighted by molar-refractivity contribution is 9.10. The average molecular weight is 426 g/mol. The highest BCUT2D eigenvalue weighted by Gasteiger charge is 2.31. The third-order valence-electron chi connectivity index (χ3n) is 4.32. The Labute approximate surface area is 156 Å². The van der Waals surface area contributed by atoms with Crippen LogP contribution in [-0.4, -0.2) is 29.2 Å². The van der Waals surface area contributed by atoms with Crippen molar-refractivity contribution in [3.8, 4) is 11.5 Å². The van der Waals surface area contributed by atoms with Gasteiger partial charge in [-0.25, -0.2) is 8.42 Å². The van der Waals surface area contributed by atoms with Gasteiger partial charge < -0.3 is 9.47 Å². The third kappa shape index (κ3) is 3.22. The van der Waals surface area contributed by atoms with Crippen LogP contribution in [-0.2, 0) is 16.4 Å². The molecule has 2 aromatic carbocycles. The van der Waals surface area contributed by atoms with Gasteiger partial charge in [0, 0.05) is 17.1 Å².